The van der Waals surface area contributed by atoms with E-state index in [0.717, 1.165) is 25.7 Å². The summed E-state index contributed by atoms with van der Waals surface area (Å²) < 4.78 is 0. The topological polar surface area (TPSA) is 69.0 Å². The van der Waals surface area contributed by atoms with E-state index in [-0.39, 0.29) is 6.04 Å². The van der Waals surface area contributed by atoms with Crippen molar-refractivity contribution in [3.05, 3.63) is 10.4 Å². The lowest BCUT2D eigenvalue weighted by Gasteiger charge is -2.16. The zero-order chi connectivity index (χ0) is 9.52. The highest BCUT2D eigenvalue weighted by atomic mass is 16.3. The van der Waals surface area contributed by atoms with Crippen LogP contribution in [0.25, 0.3) is 10.4 Å². The number of rotatable bonds is 1. The first-order valence-corrected chi connectivity index (χ1v) is 5.07. The first-order valence-electron chi connectivity index (χ1n) is 5.07. The summed E-state index contributed by atoms with van der Waals surface area (Å²) in [5, 5.41) is 13.3. The monoisotopic (exact) mass is 183 g/mol. The van der Waals surface area contributed by atoms with Crippen molar-refractivity contribution in [3.63, 3.8) is 0 Å². The Morgan fingerprint density at radius 1 is 1.08 bits per heavy atom. The Bertz CT molecular complexity index is 189. The molecule has 0 aromatic carbocycles. The van der Waals surface area contributed by atoms with Crippen LogP contribution in [0.5, 0.6) is 0 Å². The average molecular weight is 183 g/mol. The van der Waals surface area contributed by atoms with Gasteiger partial charge in [0.05, 0.1) is 12.1 Å². The van der Waals surface area contributed by atoms with Crippen molar-refractivity contribution >= 4 is 0 Å². The summed E-state index contributed by atoms with van der Waals surface area (Å²) in [5.74, 6) is 0. The molecule has 0 bridgehead atoms. The van der Waals surface area contributed by atoms with Crippen LogP contribution in [0.15, 0.2) is 5.11 Å². The molecule has 1 rings (SSSR count). The minimum Gasteiger partial charge on any atom is -0.393 e. The highest BCUT2D eigenvalue weighted by Gasteiger charge is 2.17. The van der Waals surface area contributed by atoms with Gasteiger partial charge in [-0.2, -0.15) is 0 Å². The van der Waals surface area contributed by atoms with Crippen molar-refractivity contribution < 1.29 is 5.11 Å². The number of hydrogen-bond donors (Lipinski definition) is 1. The first-order chi connectivity index (χ1) is 6.34. The van der Waals surface area contributed by atoms with Crippen molar-refractivity contribution in [2.75, 3.05) is 0 Å². The Labute approximate surface area is 78.6 Å². The van der Waals surface area contributed by atoms with E-state index in [1.165, 1.54) is 19.3 Å². The average Bonchev–Trinajstić information content (AvgIpc) is 2.21. The quantitative estimate of drug-likeness (QED) is 0.379. The van der Waals surface area contributed by atoms with E-state index in [0.29, 0.717) is 0 Å². The van der Waals surface area contributed by atoms with Crippen LogP contribution in [0, 0.1) is 0 Å². The van der Waals surface area contributed by atoms with Crippen molar-refractivity contribution in [2.45, 2.75) is 57.1 Å². The van der Waals surface area contributed by atoms with Crippen LogP contribution in [0.2, 0.25) is 0 Å². The number of nitrogens with zero attached hydrogens (tertiary/aromatic N) is 3. The normalized spacial score (nSPS) is 30.8. The molecule has 0 saturated heterocycles. The second-order valence-electron chi connectivity index (χ2n) is 3.68. The summed E-state index contributed by atoms with van der Waals surface area (Å²) in [4.78, 5) is 2.78. The summed E-state index contributed by atoms with van der Waals surface area (Å²) in [6.45, 7) is 0. The number of aliphatic hydroxyl groups excluding tert-OH is 1. The summed E-state index contributed by atoms with van der Waals surface area (Å²) >= 11 is 0. The Kier molecular flexibility index (Phi) is 4.65. The number of azide groups is 1. The molecule has 0 radical (unpaired) electrons. The van der Waals surface area contributed by atoms with Gasteiger partial charge in [-0.3, -0.25) is 0 Å². The summed E-state index contributed by atoms with van der Waals surface area (Å²) in [6.07, 6.45) is 6.96. The fourth-order valence-corrected chi connectivity index (χ4v) is 1.82. The lowest BCUT2D eigenvalue weighted by molar-refractivity contribution is 0.129. The third kappa shape index (κ3) is 3.66. The zero-order valence-corrected chi connectivity index (χ0v) is 7.89. The molecular formula is C9H17N3O. The van der Waals surface area contributed by atoms with Crippen molar-refractivity contribution in [1.82, 2.24) is 0 Å². The smallest absolute Gasteiger partial charge is 0.0633 e. The van der Waals surface area contributed by atoms with Gasteiger partial charge in [0.1, 0.15) is 0 Å². The van der Waals surface area contributed by atoms with E-state index in [1.807, 2.05) is 0 Å². The van der Waals surface area contributed by atoms with Gasteiger partial charge in [-0.1, -0.05) is 37.2 Å². The van der Waals surface area contributed by atoms with Crippen molar-refractivity contribution in [3.8, 4) is 0 Å². The van der Waals surface area contributed by atoms with Gasteiger partial charge in [-0.05, 0) is 18.4 Å². The molecule has 1 N–H and O–H groups in total. The molecular weight excluding hydrogens is 166 g/mol. The molecule has 1 aliphatic carbocycles. The molecule has 0 heterocycles. The van der Waals surface area contributed by atoms with Crippen molar-refractivity contribution in [2.24, 2.45) is 5.11 Å². The van der Waals surface area contributed by atoms with Gasteiger partial charge in [0, 0.05) is 4.91 Å². The SMILES string of the molecule is [N-]=[N+]=N[C@H]1CCCCCCC[C@@H]1O. The minimum absolute atomic E-state index is 0.192. The Morgan fingerprint density at radius 2 is 1.69 bits per heavy atom. The van der Waals surface area contributed by atoms with Crippen molar-refractivity contribution in [1.29, 1.82) is 0 Å². The largest absolute Gasteiger partial charge is 0.393 e. The Balaban J connectivity index is 2.49. The number of aliphatic hydroxyl groups is 1. The second kappa shape index (κ2) is 5.84. The minimum atomic E-state index is -0.422. The molecule has 1 aliphatic rings. The van der Waals surface area contributed by atoms with E-state index < -0.39 is 6.10 Å². The molecule has 2 atom stereocenters. The molecule has 1 fully saturated rings. The lowest BCUT2D eigenvalue weighted by atomic mass is 10.0. The lowest BCUT2D eigenvalue weighted by Crippen LogP contribution is -2.23. The van der Waals surface area contributed by atoms with Crippen LogP contribution >= 0.6 is 0 Å². The van der Waals surface area contributed by atoms with E-state index in [4.69, 9.17) is 5.53 Å². The molecule has 0 aliphatic heterocycles. The van der Waals surface area contributed by atoms with E-state index in [9.17, 15) is 5.11 Å². The van der Waals surface area contributed by atoms with E-state index in [2.05, 4.69) is 10.0 Å². The fourth-order valence-electron chi connectivity index (χ4n) is 1.82. The molecule has 4 heteroatoms. The third-order valence-electron chi connectivity index (χ3n) is 2.64. The van der Waals surface area contributed by atoms with Crippen LogP contribution < -0.4 is 0 Å². The van der Waals surface area contributed by atoms with Gasteiger partial charge in [-0.15, -0.1) is 0 Å². The summed E-state index contributed by atoms with van der Waals surface area (Å²) in [5.41, 5.74) is 8.32. The molecule has 1 saturated carbocycles. The molecule has 0 aromatic rings. The van der Waals surface area contributed by atoms with E-state index in [1.54, 1.807) is 0 Å². The predicted octanol–water partition coefficient (Wildman–Crippen LogP) is 2.77. The first kappa shape index (κ1) is 10.4. The Morgan fingerprint density at radius 3 is 2.38 bits per heavy atom. The fraction of sp³-hybridized carbons (Fsp3) is 1.00. The summed E-state index contributed by atoms with van der Waals surface area (Å²) in [7, 11) is 0. The van der Waals surface area contributed by atoms with Gasteiger partial charge < -0.3 is 5.11 Å². The van der Waals surface area contributed by atoms with Crippen LogP contribution in [-0.4, -0.2) is 17.3 Å². The maximum atomic E-state index is 9.67. The maximum absolute atomic E-state index is 9.67. The Hall–Kier alpha value is -0.730. The van der Waals surface area contributed by atoms with Crippen LogP contribution in [-0.2, 0) is 0 Å². The standard InChI is InChI=1S/C9H17N3O/c10-12-11-8-6-4-2-1-3-5-7-9(8)13/h8-9,13H,1-7H2/t8-,9-/m0/s1. The molecule has 0 spiro atoms. The second-order valence-corrected chi connectivity index (χ2v) is 3.68. The maximum Gasteiger partial charge on any atom is 0.0633 e. The molecule has 4 nitrogen and oxygen atoms in total. The van der Waals surface area contributed by atoms with Gasteiger partial charge in [0.25, 0.3) is 0 Å². The highest BCUT2D eigenvalue weighted by Crippen LogP contribution is 2.19. The number of hydrogen-bond acceptors (Lipinski definition) is 2. The molecule has 0 amide bonds. The summed E-state index contributed by atoms with van der Waals surface area (Å²) in [6, 6.07) is -0.192. The van der Waals surface area contributed by atoms with Crippen LogP contribution in [0.4, 0.5) is 0 Å². The van der Waals surface area contributed by atoms with Gasteiger partial charge in [0.2, 0.25) is 0 Å². The van der Waals surface area contributed by atoms with Crippen LogP contribution in [0.1, 0.15) is 44.9 Å². The zero-order valence-electron chi connectivity index (χ0n) is 7.89. The van der Waals surface area contributed by atoms with Crippen LogP contribution in [0.3, 0.4) is 0 Å². The predicted molar refractivity (Wildman–Crippen MR) is 51.3 cm³/mol. The van der Waals surface area contributed by atoms with Gasteiger partial charge in [-0.25, -0.2) is 0 Å². The van der Waals surface area contributed by atoms with E-state index >= 15 is 0 Å². The highest BCUT2D eigenvalue weighted by molar-refractivity contribution is 4.77. The molecule has 13 heavy (non-hydrogen) atoms. The van der Waals surface area contributed by atoms with Gasteiger partial charge in [0.15, 0.2) is 0 Å². The molecule has 0 unspecified atom stereocenters. The molecule has 0 aromatic heterocycles. The molecule has 74 valence electrons. The third-order valence-corrected chi connectivity index (χ3v) is 2.64. The van der Waals surface area contributed by atoms with Gasteiger partial charge >= 0.3 is 0 Å².